The van der Waals surface area contributed by atoms with E-state index in [-0.39, 0.29) is 38.9 Å². The van der Waals surface area contributed by atoms with Gasteiger partial charge in [-0.1, -0.05) is 17.7 Å². The van der Waals surface area contributed by atoms with Gasteiger partial charge in [0.25, 0.3) is 5.56 Å². The molecule has 1 aromatic heterocycles. The Morgan fingerprint density at radius 2 is 1.94 bits per heavy atom. The van der Waals surface area contributed by atoms with E-state index >= 15 is 0 Å². The molecule has 2 aromatic carbocycles. The molecule has 0 spiro atoms. The first-order valence-electron chi connectivity index (χ1n) is 10.7. The van der Waals surface area contributed by atoms with Gasteiger partial charge in [-0.05, 0) is 69.9 Å². The number of hydrogen-bond donors (Lipinski definition) is 2. The molecule has 1 saturated carbocycles. The molecule has 0 bridgehead atoms. The monoisotopic (exact) mass is 486 g/mol. The Morgan fingerprint density at radius 3 is 2.50 bits per heavy atom. The summed E-state index contributed by atoms with van der Waals surface area (Å²) in [5.74, 6) is -1.51. The van der Waals surface area contributed by atoms with E-state index < -0.39 is 35.0 Å². The van der Waals surface area contributed by atoms with Crippen LogP contribution in [0.25, 0.3) is 16.6 Å². The zero-order valence-electron chi connectivity index (χ0n) is 18.9. The minimum atomic E-state index is -1.19. The number of hydrogen-bond acceptors (Lipinski definition) is 4. The first kappa shape index (κ1) is 23.7. The summed E-state index contributed by atoms with van der Waals surface area (Å²) in [6.45, 7) is 5.22. The third-order valence-electron chi connectivity index (χ3n) is 5.88. The van der Waals surface area contributed by atoms with Crippen LogP contribution >= 0.6 is 11.6 Å². The molecule has 8 nitrogen and oxygen atoms in total. The number of nitrogens with two attached hydrogens (primary N) is 1. The minimum Gasteiger partial charge on any atom is -0.465 e. The summed E-state index contributed by atoms with van der Waals surface area (Å²) >= 11 is 6.27. The first-order valence-corrected chi connectivity index (χ1v) is 11.1. The maximum atomic E-state index is 14.8. The average Bonchev–Trinajstić information content (AvgIpc) is 3.58. The highest BCUT2D eigenvalue weighted by atomic mass is 35.5. The fourth-order valence-electron chi connectivity index (χ4n) is 4.25. The molecule has 1 fully saturated rings. The van der Waals surface area contributed by atoms with E-state index in [1.54, 1.807) is 32.9 Å². The molecular weight excluding hydrogens is 463 g/mol. The zero-order valence-corrected chi connectivity index (χ0v) is 19.6. The van der Waals surface area contributed by atoms with Crippen molar-refractivity contribution in [3.8, 4) is 5.69 Å². The summed E-state index contributed by atoms with van der Waals surface area (Å²) in [5.41, 5.74) is 4.07. The van der Waals surface area contributed by atoms with E-state index in [2.05, 4.69) is 4.98 Å². The molecule has 0 radical (unpaired) electrons. The zero-order chi connectivity index (χ0) is 24.9. The lowest BCUT2D eigenvalue weighted by atomic mass is 9.99. The largest absolute Gasteiger partial charge is 0.465 e. The Balaban J connectivity index is 2.14. The molecule has 3 N–H and O–H groups in total. The van der Waals surface area contributed by atoms with Gasteiger partial charge in [-0.2, -0.15) is 0 Å². The number of fused-ring (bicyclic) bond motifs is 1. The van der Waals surface area contributed by atoms with Gasteiger partial charge in [-0.15, -0.1) is 0 Å². The normalized spacial score (nSPS) is 14.7. The number of aromatic nitrogens is 2. The van der Waals surface area contributed by atoms with Crippen molar-refractivity contribution in [3.05, 3.63) is 69.0 Å². The van der Waals surface area contributed by atoms with Crippen molar-refractivity contribution in [3.63, 3.8) is 0 Å². The Bertz CT molecular complexity index is 1380. The van der Waals surface area contributed by atoms with Crippen LogP contribution < -0.4 is 11.3 Å². The summed E-state index contributed by atoms with van der Waals surface area (Å²) in [6, 6.07) is 7.57. The number of carboxylic acid groups (broad SMARTS) is 1. The minimum absolute atomic E-state index is 0.00846. The third-order valence-corrected chi connectivity index (χ3v) is 6.19. The standard InChI is InChI=1S/C24H24ClFN4O4/c1-24(2,3)30(23(33)34)19(12-7-8-12)21-28-18-16(26)10-9-15(25)17(18)22(32)29(21)14-6-4-5-13(11-14)20(27)31/h4-6,9-12,19H,7-8H2,1-3H3,(H2,27,31)(H,33,34). The first-order chi connectivity index (χ1) is 15.9. The quantitative estimate of drug-likeness (QED) is 0.550. The van der Waals surface area contributed by atoms with E-state index in [1.165, 1.54) is 27.7 Å². The molecule has 3 aromatic rings. The van der Waals surface area contributed by atoms with Gasteiger partial charge in [-0.25, -0.2) is 14.2 Å². The van der Waals surface area contributed by atoms with Crippen LogP contribution in [0, 0.1) is 11.7 Å². The SMILES string of the molecule is CC(C)(C)N(C(=O)O)C(c1nc2c(F)ccc(Cl)c2c(=O)n1-c1cccc(C(N)=O)c1)C1CC1. The lowest BCUT2D eigenvalue weighted by molar-refractivity contribution is 0.0581. The second-order valence-corrected chi connectivity index (χ2v) is 9.79. The summed E-state index contributed by atoms with van der Waals surface area (Å²) in [6.07, 6.45) is 0.248. The maximum absolute atomic E-state index is 14.8. The summed E-state index contributed by atoms with van der Waals surface area (Å²) in [4.78, 5) is 43.8. The van der Waals surface area contributed by atoms with Crippen LogP contribution in [0.2, 0.25) is 5.02 Å². The lowest BCUT2D eigenvalue weighted by Gasteiger charge is -2.40. The Labute approximate surface area is 199 Å². The molecule has 178 valence electrons. The van der Waals surface area contributed by atoms with E-state index in [1.807, 2.05) is 0 Å². The second kappa shape index (κ2) is 8.39. The second-order valence-electron chi connectivity index (χ2n) is 9.38. The highest BCUT2D eigenvalue weighted by Crippen LogP contribution is 2.47. The van der Waals surface area contributed by atoms with Crippen molar-refractivity contribution in [1.29, 1.82) is 0 Å². The molecule has 1 atom stereocenters. The van der Waals surface area contributed by atoms with Crippen LogP contribution in [0.5, 0.6) is 0 Å². The predicted octanol–water partition coefficient (Wildman–Crippen LogP) is 4.51. The van der Waals surface area contributed by atoms with Crippen LogP contribution in [-0.4, -0.2) is 37.1 Å². The number of benzene rings is 2. The number of amides is 2. The van der Waals surface area contributed by atoms with Gasteiger partial charge in [-0.3, -0.25) is 19.1 Å². The maximum Gasteiger partial charge on any atom is 0.408 e. The summed E-state index contributed by atoms with van der Waals surface area (Å²) < 4.78 is 16.1. The van der Waals surface area contributed by atoms with Gasteiger partial charge in [0.15, 0.2) is 0 Å². The Morgan fingerprint density at radius 1 is 1.26 bits per heavy atom. The van der Waals surface area contributed by atoms with Gasteiger partial charge in [0.05, 0.1) is 22.1 Å². The number of carbonyl (C=O) groups excluding carboxylic acids is 1. The predicted molar refractivity (Wildman–Crippen MR) is 126 cm³/mol. The Kier molecular flexibility index (Phi) is 5.85. The highest BCUT2D eigenvalue weighted by Gasteiger charge is 2.45. The van der Waals surface area contributed by atoms with E-state index in [0.717, 1.165) is 18.9 Å². The van der Waals surface area contributed by atoms with Crippen molar-refractivity contribution >= 4 is 34.5 Å². The molecule has 1 unspecified atom stereocenters. The molecule has 1 aliphatic carbocycles. The van der Waals surface area contributed by atoms with Crippen LogP contribution in [0.15, 0.2) is 41.2 Å². The van der Waals surface area contributed by atoms with Gasteiger partial charge in [0, 0.05) is 11.1 Å². The fourth-order valence-corrected chi connectivity index (χ4v) is 4.49. The van der Waals surface area contributed by atoms with Crippen LogP contribution in [0.1, 0.15) is 55.8 Å². The number of nitrogens with zero attached hydrogens (tertiary/aromatic N) is 3. The number of carbonyl (C=O) groups is 2. The summed E-state index contributed by atoms with van der Waals surface area (Å²) in [5, 5.41) is 10.0. The van der Waals surface area contributed by atoms with Crippen molar-refractivity contribution < 1.29 is 19.1 Å². The van der Waals surface area contributed by atoms with Crippen LogP contribution in [0.3, 0.4) is 0 Å². The molecule has 34 heavy (non-hydrogen) atoms. The molecular formula is C24H24ClFN4O4. The summed E-state index contributed by atoms with van der Waals surface area (Å²) in [7, 11) is 0. The van der Waals surface area contributed by atoms with Crippen LogP contribution in [0.4, 0.5) is 9.18 Å². The van der Waals surface area contributed by atoms with Crippen molar-refractivity contribution in [2.45, 2.75) is 45.2 Å². The molecule has 4 rings (SSSR count). The molecule has 1 heterocycles. The van der Waals surface area contributed by atoms with Gasteiger partial charge >= 0.3 is 6.09 Å². The Hall–Kier alpha value is -3.46. The topological polar surface area (TPSA) is 119 Å². The third kappa shape index (κ3) is 4.11. The lowest BCUT2D eigenvalue weighted by Crippen LogP contribution is -2.49. The fraction of sp³-hybridized carbons (Fsp3) is 0.333. The van der Waals surface area contributed by atoms with Crippen molar-refractivity contribution in [2.75, 3.05) is 0 Å². The van der Waals surface area contributed by atoms with Gasteiger partial charge in [0.2, 0.25) is 5.91 Å². The molecule has 10 heteroatoms. The number of rotatable bonds is 5. The molecule has 0 saturated heterocycles. The van der Waals surface area contributed by atoms with E-state index in [9.17, 15) is 23.9 Å². The smallest absolute Gasteiger partial charge is 0.408 e. The number of halogens is 2. The van der Waals surface area contributed by atoms with E-state index in [0.29, 0.717) is 0 Å². The van der Waals surface area contributed by atoms with Gasteiger partial charge < -0.3 is 10.8 Å². The molecule has 0 aliphatic heterocycles. The number of primary amides is 1. The van der Waals surface area contributed by atoms with Gasteiger partial charge in [0.1, 0.15) is 17.2 Å². The average molecular weight is 487 g/mol. The van der Waals surface area contributed by atoms with Crippen molar-refractivity contribution in [2.24, 2.45) is 11.7 Å². The highest BCUT2D eigenvalue weighted by molar-refractivity contribution is 6.35. The van der Waals surface area contributed by atoms with Crippen molar-refractivity contribution in [1.82, 2.24) is 14.5 Å². The van der Waals surface area contributed by atoms with Crippen LogP contribution in [-0.2, 0) is 0 Å². The van der Waals surface area contributed by atoms with E-state index in [4.69, 9.17) is 17.3 Å². The molecule has 1 aliphatic rings. The molecule has 2 amide bonds.